The van der Waals surface area contributed by atoms with Crippen molar-refractivity contribution >= 4 is 44.6 Å². The number of nitrogens with zero attached hydrogens (tertiary/aromatic N) is 3. The van der Waals surface area contributed by atoms with Gasteiger partial charge in [-0.15, -0.1) is 22.7 Å². The predicted octanol–water partition coefficient (Wildman–Crippen LogP) is 5.21. The first kappa shape index (κ1) is 18.8. The number of hydrogen-bond donors (Lipinski definition) is 1. The van der Waals surface area contributed by atoms with E-state index in [0.29, 0.717) is 18.2 Å². The van der Waals surface area contributed by atoms with Gasteiger partial charge in [-0.2, -0.15) is 0 Å². The van der Waals surface area contributed by atoms with Crippen LogP contribution in [0.3, 0.4) is 0 Å². The fourth-order valence-corrected chi connectivity index (χ4v) is 5.10. The van der Waals surface area contributed by atoms with Crippen LogP contribution in [0.4, 0.5) is 5.82 Å². The molecular formula is C22H18N4O2S2. The van der Waals surface area contributed by atoms with E-state index in [1.54, 1.807) is 34.8 Å². The van der Waals surface area contributed by atoms with Gasteiger partial charge >= 0.3 is 0 Å². The van der Waals surface area contributed by atoms with E-state index in [9.17, 15) is 4.79 Å². The zero-order chi connectivity index (χ0) is 20.7. The second-order valence-corrected chi connectivity index (χ2v) is 8.65. The highest BCUT2D eigenvalue weighted by Crippen LogP contribution is 2.40. The molecular weight excluding hydrogens is 416 g/mol. The van der Waals surface area contributed by atoms with E-state index in [2.05, 4.69) is 22.3 Å². The fourth-order valence-electron chi connectivity index (χ4n) is 3.34. The minimum atomic E-state index is -0.0411. The number of rotatable bonds is 5. The lowest BCUT2D eigenvalue weighted by Gasteiger charge is -2.19. The minimum Gasteiger partial charge on any atom is -0.497 e. The van der Waals surface area contributed by atoms with E-state index in [1.165, 1.54) is 0 Å². The van der Waals surface area contributed by atoms with Gasteiger partial charge in [-0.1, -0.05) is 12.1 Å². The fraction of sp³-hybridized carbons (Fsp3) is 0.136. The monoisotopic (exact) mass is 434 g/mol. The standard InChI is InChI=1S/C22H18N4O2S2/c1-13-9-10-26(22(13)27)25-20-18-16(17-4-3-11-29-17)12-30-21(18)24-19(23-20)14-5-7-15(28-2)8-6-14/h3-9,11-12H,10H2,1-2H3,(H,23,24,25). The Bertz CT molecular complexity index is 1260. The first-order chi connectivity index (χ1) is 14.6. The molecule has 1 aliphatic rings. The van der Waals surface area contributed by atoms with Gasteiger partial charge in [-0.3, -0.25) is 10.2 Å². The van der Waals surface area contributed by atoms with Gasteiger partial charge in [0.2, 0.25) is 0 Å². The topological polar surface area (TPSA) is 67.3 Å². The van der Waals surface area contributed by atoms with Crippen molar-refractivity contribution in [3.05, 3.63) is 58.8 Å². The Morgan fingerprint density at radius 2 is 1.97 bits per heavy atom. The van der Waals surface area contributed by atoms with Crippen LogP contribution in [0, 0.1) is 0 Å². The molecule has 1 aromatic carbocycles. The van der Waals surface area contributed by atoms with Crippen molar-refractivity contribution < 1.29 is 9.53 Å². The van der Waals surface area contributed by atoms with Crippen molar-refractivity contribution in [3.63, 3.8) is 0 Å². The first-order valence-electron chi connectivity index (χ1n) is 9.37. The van der Waals surface area contributed by atoms with Gasteiger partial charge in [-0.05, 0) is 42.6 Å². The second kappa shape index (κ2) is 7.55. The van der Waals surface area contributed by atoms with Crippen molar-refractivity contribution in [1.82, 2.24) is 15.0 Å². The number of carbonyl (C=O) groups excluding carboxylic acids is 1. The molecule has 150 valence electrons. The van der Waals surface area contributed by atoms with Crippen LogP contribution in [0.15, 0.2) is 58.8 Å². The van der Waals surface area contributed by atoms with Gasteiger partial charge in [0, 0.05) is 27.0 Å². The minimum absolute atomic E-state index is 0.0411. The second-order valence-electron chi connectivity index (χ2n) is 6.85. The van der Waals surface area contributed by atoms with E-state index >= 15 is 0 Å². The Hall–Kier alpha value is -3.23. The highest BCUT2D eigenvalue weighted by molar-refractivity contribution is 7.18. The Morgan fingerprint density at radius 3 is 2.63 bits per heavy atom. The average molecular weight is 435 g/mol. The molecule has 3 aromatic heterocycles. The summed E-state index contributed by atoms with van der Waals surface area (Å²) < 4.78 is 5.25. The van der Waals surface area contributed by atoms with Crippen LogP contribution >= 0.6 is 22.7 Å². The smallest absolute Gasteiger partial charge is 0.267 e. The summed E-state index contributed by atoms with van der Waals surface area (Å²) in [6, 6.07) is 11.8. The van der Waals surface area contributed by atoms with Crippen molar-refractivity contribution in [2.45, 2.75) is 6.92 Å². The molecule has 1 N–H and O–H groups in total. The van der Waals surface area contributed by atoms with Gasteiger partial charge in [0.25, 0.3) is 5.91 Å². The van der Waals surface area contributed by atoms with E-state index < -0.39 is 0 Å². The van der Waals surface area contributed by atoms with Gasteiger partial charge in [0.1, 0.15) is 10.6 Å². The maximum absolute atomic E-state index is 12.5. The number of hydrogen-bond acceptors (Lipinski definition) is 7. The first-order valence-corrected chi connectivity index (χ1v) is 11.1. The molecule has 6 nitrogen and oxygen atoms in total. The summed E-state index contributed by atoms with van der Waals surface area (Å²) in [5, 5.41) is 6.67. The number of fused-ring (bicyclic) bond motifs is 1. The molecule has 5 rings (SSSR count). The number of aromatic nitrogens is 2. The van der Waals surface area contributed by atoms with E-state index in [0.717, 1.165) is 37.5 Å². The van der Waals surface area contributed by atoms with Gasteiger partial charge in [0.15, 0.2) is 11.6 Å². The van der Waals surface area contributed by atoms with Crippen LogP contribution < -0.4 is 10.2 Å². The lowest BCUT2D eigenvalue weighted by Crippen LogP contribution is -2.33. The van der Waals surface area contributed by atoms with Crippen LogP contribution in [0.1, 0.15) is 6.92 Å². The molecule has 8 heteroatoms. The maximum atomic E-state index is 12.5. The molecule has 0 atom stereocenters. The Kier molecular flexibility index (Phi) is 4.72. The van der Waals surface area contributed by atoms with Crippen LogP contribution in [0.5, 0.6) is 5.75 Å². The Labute approximate surface area is 181 Å². The predicted molar refractivity (Wildman–Crippen MR) is 122 cm³/mol. The number of hydrazine groups is 1. The maximum Gasteiger partial charge on any atom is 0.267 e. The summed E-state index contributed by atoms with van der Waals surface area (Å²) in [5.41, 5.74) is 5.94. The lowest BCUT2D eigenvalue weighted by atomic mass is 10.1. The number of methoxy groups -OCH3 is 1. The SMILES string of the molecule is COc1ccc(-c2nc(NN3CC=C(C)C3=O)c3c(-c4cccs4)csc3n2)cc1. The summed E-state index contributed by atoms with van der Waals surface area (Å²) in [6.07, 6.45) is 1.91. The van der Waals surface area contributed by atoms with Gasteiger partial charge in [0.05, 0.1) is 19.0 Å². The lowest BCUT2D eigenvalue weighted by molar-refractivity contribution is -0.124. The molecule has 0 saturated heterocycles. The quantitative estimate of drug-likeness (QED) is 0.467. The summed E-state index contributed by atoms with van der Waals surface area (Å²) in [6.45, 7) is 2.33. The van der Waals surface area contributed by atoms with E-state index in [4.69, 9.17) is 14.7 Å². The molecule has 0 unspecified atom stereocenters. The number of amides is 1. The summed E-state index contributed by atoms with van der Waals surface area (Å²) in [4.78, 5) is 24.1. The van der Waals surface area contributed by atoms with Crippen molar-refractivity contribution in [2.75, 3.05) is 19.1 Å². The zero-order valence-corrected chi connectivity index (χ0v) is 18.0. The summed E-state index contributed by atoms with van der Waals surface area (Å²) in [5.74, 6) is 1.97. The highest BCUT2D eigenvalue weighted by atomic mass is 32.1. The van der Waals surface area contributed by atoms with Crippen LogP contribution in [0.25, 0.3) is 32.0 Å². The summed E-state index contributed by atoms with van der Waals surface area (Å²) >= 11 is 3.25. The highest BCUT2D eigenvalue weighted by Gasteiger charge is 2.24. The number of benzene rings is 1. The molecule has 30 heavy (non-hydrogen) atoms. The number of anilines is 1. The molecule has 0 aliphatic carbocycles. The number of nitrogens with one attached hydrogen (secondary N) is 1. The van der Waals surface area contributed by atoms with Crippen molar-refractivity contribution in [3.8, 4) is 27.6 Å². The molecule has 0 radical (unpaired) electrons. The van der Waals surface area contributed by atoms with E-state index in [-0.39, 0.29) is 5.91 Å². The number of carbonyl (C=O) groups is 1. The Balaban J connectivity index is 1.64. The van der Waals surface area contributed by atoms with Gasteiger partial charge in [-0.25, -0.2) is 15.0 Å². The summed E-state index contributed by atoms with van der Waals surface area (Å²) in [7, 11) is 1.64. The normalized spacial score (nSPS) is 13.7. The third-order valence-electron chi connectivity index (χ3n) is 4.97. The van der Waals surface area contributed by atoms with Crippen LogP contribution in [-0.4, -0.2) is 34.5 Å². The molecule has 4 aromatic rings. The zero-order valence-electron chi connectivity index (χ0n) is 16.4. The van der Waals surface area contributed by atoms with Gasteiger partial charge < -0.3 is 4.74 Å². The van der Waals surface area contributed by atoms with Crippen LogP contribution in [0.2, 0.25) is 0 Å². The molecule has 1 aliphatic heterocycles. The average Bonchev–Trinajstić information content (AvgIpc) is 3.51. The van der Waals surface area contributed by atoms with E-state index in [1.807, 2.05) is 43.3 Å². The third kappa shape index (κ3) is 3.24. The molecule has 0 spiro atoms. The Morgan fingerprint density at radius 1 is 1.13 bits per heavy atom. The molecule has 0 fully saturated rings. The number of thiophene rings is 2. The largest absolute Gasteiger partial charge is 0.497 e. The van der Waals surface area contributed by atoms with Crippen LogP contribution in [-0.2, 0) is 4.79 Å². The van der Waals surface area contributed by atoms with Crippen molar-refractivity contribution in [1.29, 1.82) is 0 Å². The molecule has 0 bridgehead atoms. The number of ether oxygens (including phenoxy) is 1. The molecule has 4 heterocycles. The molecule has 0 saturated carbocycles. The van der Waals surface area contributed by atoms with Crippen molar-refractivity contribution in [2.24, 2.45) is 0 Å². The third-order valence-corrected chi connectivity index (χ3v) is 6.75. The molecule has 1 amide bonds.